The molecular weight excluding hydrogens is 348 g/mol. The molecule has 0 aliphatic heterocycles. The van der Waals surface area contributed by atoms with E-state index in [-0.39, 0.29) is 0 Å². The Labute approximate surface area is 176 Å². The molecule has 1 aromatic carbocycles. The van der Waals surface area contributed by atoms with Crippen molar-refractivity contribution in [3.05, 3.63) is 118 Å². The molecule has 0 aromatic heterocycles. The van der Waals surface area contributed by atoms with Gasteiger partial charge in [0.25, 0.3) is 0 Å². The van der Waals surface area contributed by atoms with E-state index in [9.17, 15) is 0 Å². The summed E-state index contributed by atoms with van der Waals surface area (Å²) in [7, 11) is 0. The third-order valence-corrected chi connectivity index (χ3v) is 6.63. The van der Waals surface area contributed by atoms with Gasteiger partial charge in [0, 0.05) is 11.8 Å². The van der Waals surface area contributed by atoms with Gasteiger partial charge in [-0.15, -0.1) is 0 Å². The van der Waals surface area contributed by atoms with Gasteiger partial charge in [-0.1, -0.05) is 92.8 Å². The van der Waals surface area contributed by atoms with Crippen LogP contribution in [0.25, 0.3) is 0 Å². The molecule has 0 amide bonds. The molecule has 0 radical (unpaired) electrons. The first kappa shape index (κ1) is 19.7. The van der Waals surface area contributed by atoms with Crippen molar-refractivity contribution in [1.82, 2.24) is 0 Å². The standard InChI is InChI=1S/C29H32/c1-18(2)23-11-13-24(14-12-23)29-27(19(3)4)20(5)15-26-17-25(21(6)28(26)29)16-22-9-7-8-10-22/h7-9,11-16,18,28-29H,3,6,10,17H2,1-2,4-5H3/b25-16-. The minimum absolute atomic E-state index is 0.308. The summed E-state index contributed by atoms with van der Waals surface area (Å²) in [6, 6.07) is 9.26. The van der Waals surface area contributed by atoms with Crippen LogP contribution in [0.4, 0.5) is 0 Å². The number of fused-ring (bicyclic) bond motifs is 1. The summed E-state index contributed by atoms with van der Waals surface area (Å²) in [5.74, 6) is 1.20. The molecular formula is C29H32. The largest absolute Gasteiger partial charge is 0.0958 e. The van der Waals surface area contributed by atoms with Crippen LogP contribution in [0.2, 0.25) is 0 Å². The van der Waals surface area contributed by atoms with Gasteiger partial charge in [0.05, 0.1) is 0 Å². The Bertz CT molecular complexity index is 1010. The molecule has 148 valence electrons. The van der Waals surface area contributed by atoms with Crippen molar-refractivity contribution in [1.29, 1.82) is 0 Å². The van der Waals surface area contributed by atoms with Crippen LogP contribution in [0, 0.1) is 5.92 Å². The molecule has 1 fully saturated rings. The van der Waals surface area contributed by atoms with Crippen LogP contribution < -0.4 is 0 Å². The van der Waals surface area contributed by atoms with Gasteiger partial charge in [0.2, 0.25) is 0 Å². The highest BCUT2D eigenvalue weighted by molar-refractivity contribution is 5.61. The van der Waals surface area contributed by atoms with Crippen LogP contribution in [0.15, 0.2) is 107 Å². The van der Waals surface area contributed by atoms with Crippen LogP contribution in [0.5, 0.6) is 0 Å². The van der Waals surface area contributed by atoms with E-state index in [0.717, 1.165) is 12.8 Å². The molecule has 0 N–H and O–H groups in total. The zero-order valence-corrected chi connectivity index (χ0v) is 18.3. The molecule has 1 saturated carbocycles. The molecule has 2 atom stereocenters. The number of allylic oxidation sites excluding steroid dienone is 12. The predicted octanol–water partition coefficient (Wildman–Crippen LogP) is 8.12. The van der Waals surface area contributed by atoms with E-state index in [2.05, 4.69) is 95.5 Å². The predicted molar refractivity (Wildman–Crippen MR) is 126 cm³/mol. The average Bonchev–Trinajstić information content (AvgIpc) is 3.29. The quantitative estimate of drug-likeness (QED) is 0.495. The second kappa shape index (κ2) is 7.67. The lowest BCUT2D eigenvalue weighted by Gasteiger charge is -2.34. The zero-order valence-electron chi connectivity index (χ0n) is 18.3. The van der Waals surface area contributed by atoms with Crippen molar-refractivity contribution in [2.75, 3.05) is 0 Å². The molecule has 4 rings (SSSR count). The number of hydrogen-bond donors (Lipinski definition) is 0. The van der Waals surface area contributed by atoms with Crippen LogP contribution in [0.1, 0.15) is 63.5 Å². The third kappa shape index (κ3) is 3.57. The highest BCUT2D eigenvalue weighted by Gasteiger charge is 2.40. The molecule has 0 nitrogen and oxygen atoms in total. The van der Waals surface area contributed by atoms with E-state index in [0.29, 0.717) is 17.8 Å². The Morgan fingerprint density at radius 3 is 2.45 bits per heavy atom. The smallest absolute Gasteiger partial charge is 0.0201 e. The first-order chi connectivity index (χ1) is 13.9. The first-order valence-corrected chi connectivity index (χ1v) is 10.8. The molecule has 1 aromatic rings. The lowest BCUT2D eigenvalue weighted by molar-refractivity contribution is 0.625. The van der Waals surface area contributed by atoms with Gasteiger partial charge < -0.3 is 0 Å². The van der Waals surface area contributed by atoms with Crippen molar-refractivity contribution in [3.63, 3.8) is 0 Å². The molecule has 29 heavy (non-hydrogen) atoms. The minimum Gasteiger partial charge on any atom is -0.0958 e. The second-order valence-electron chi connectivity index (χ2n) is 9.12. The van der Waals surface area contributed by atoms with Crippen LogP contribution in [-0.4, -0.2) is 0 Å². The summed E-state index contributed by atoms with van der Waals surface area (Å²) in [5.41, 5.74) is 12.3. The summed E-state index contributed by atoms with van der Waals surface area (Å²) in [5, 5.41) is 0. The fourth-order valence-electron chi connectivity index (χ4n) is 5.18. The normalized spacial score (nSPS) is 25.0. The number of benzene rings is 1. The molecule has 0 heterocycles. The van der Waals surface area contributed by atoms with E-state index in [4.69, 9.17) is 0 Å². The summed E-state index contributed by atoms with van der Waals surface area (Å²) in [4.78, 5) is 0. The average molecular weight is 381 g/mol. The summed E-state index contributed by atoms with van der Waals surface area (Å²) in [6.07, 6.45) is 13.4. The molecule has 0 heteroatoms. The van der Waals surface area contributed by atoms with Crippen molar-refractivity contribution < 1.29 is 0 Å². The Morgan fingerprint density at radius 1 is 1.14 bits per heavy atom. The minimum atomic E-state index is 0.308. The third-order valence-electron chi connectivity index (χ3n) is 6.63. The van der Waals surface area contributed by atoms with E-state index >= 15 is 0 Å². The van der Waals surface area contributed by atoms with E-state index in [1.807, 2.05) is 0 Å². The van der Waals surface area contributed by atoms with Gasteiger partial charge in [-0.05, 0) is 71.6 Å². The number of rotatable bonds is 4. The van der Waals surface area contributed by atoms with Crippen molar-refractivity contribution >= 4 is 0 Å². The van der Waals surface area contributed by atoms with Crippen LogP contribution in [0.3, 0.4) is 0 Å². The van der Waals surface area contributed by atoms with Gasteiger partial charge in [0.15, 0.2) is 0 Å². The van der Waals surface area contributed by atoms with E-state index < -0.39 is 0 Å². The maximum absolute atomic E-state index is 4.59. The van der Waals surface area contributed by atoms with Crippen molar-refractivity contribution in [2.24, 2.45) is 5.92 Å². The summed E-state index contributed by atoms with van der Waals surface area (Å²) < 4.78 is 0. The Kier molecular flexibility index (Phi) is 5.21. The Balaban J connectivity index is 1.78. The van der Waals surface area contributed by atoms with Gasteiger partial charge >= 0.3 is 0 Å². The fourth-order valence-corrected chi connectivity index (χ4v) is 5.18. The second-order valence-corrected chi connectivity index (χ2v) is 9.12. The summed E-state index contributed by atoms with van der Waals surface area (Å²) in [6.45, 7) is 17.8. The first-order valence-electron chi connectivity index (χ1n) is 10.8. The highest BCUT2D eigenvalue weighted by atomic mass is 14.4. The number of hydrogen-bond acceptors (Lipinski definition) is 0. The molecule has 2 unspecified atom stereocenters. The SMILES string of the molecule is C=C(C)C1=C(C)C=C2C/C(=C/C3=CC=CC3)C(=C)C2C1c1ccc(C(C)C)cc1. The fraction of sp³-hybridized carbons (Fsp3) is 0.310. The molecule has 0 spiro atoms. The maximum atomic E-state index is 4.59. The van der Waals surface area contributed by atoms with Crippen LogP contribution in [-0.2, 0) is 0 Å². The lowest BCUT2D eigenvalue weighted by atomic mass is 9.69. The van der Waals surface area contributed by atoms with Crippen molar-refractivity contribution in [3.8, 4) is 0 Å². The molecule has 3 aliphatic carbocycles. The van der Waals surface area contributed by atoms with Gasteiger partial charge in [-0.3, -0.25) is 0 Å². The summed E-state index contributed by atoms with van der Waals surface area (Å²) >= 11 is 0. The molecule has 0 bridgehead atoms. The molecule has 3 aliphatic rings. The van der Waals surface area contributed by atoms with Crippen molar-refractivity contribution in [2.45, 2.75) is 52.4 Å². The highest BCUT2D eigenvalue weighted by Crippen LogP contribution is 2.54. The van der Waals surface area contributed by atoms with Gasteiger partial charge in [-0.25, -0.2) is 0 Å². The van der Waals surface area contributed by atoms with Gasteiger partial charge in [-0.2, -0.15) is 0 Å². The Morgan fingerprint density at radius 2 is 1.86 bits per heavy atom. The van der Waals surface area contributed by atoms with Gasteiger partial charge in [0.1, 0.15) is 0 Å². The Hall–Kier alpha value is -2.60. The van der Waals surface area contributed by atoms with E-state index in [1.165, 1.54) is 50.1 Å². The molecule has 0 saturated heterocycles. The maximum Gasteiger partial charge on any atom is 0.0201 e. The zero-order chi connectivity index (χ0) is 20.7. The van der Waals surface area contributed by atoms with E-state index in [1.54, 1.807) is 0 Å². The topological polar surface area (TPSA) is 0 Å². The van der Waals surface area contributed by atoms with Crippen LogP contribution >= 0.6 is 0 Å². The lowest BCUT2D eigenvalue weighted by Crippen LogP contribution is -2.20. The monoisotopic (exact) mass is 380 g/mol.